The van der Waals surface area contributed by atoms with Crippen molar-refractivity contribution < 1.29 is 18.6 Å². The minimum Gasteiger partial charge on any atom is -0.493 e. The number of ether oxygens (including phenoxy) is 3. The first-order chi connectivity index (χ1) is 16.1. The summed E-state index contributed by atoms with van der Waals surface area (Å²) in [4.78, 5) is 10.0. The van der Waals surface area contributed by atoms with Crippen LogP contribution in [0.25, 0.3) is 0 Å². The van der Waals surface area contributed by atoms with Crippen LogP contribution in [-0.4, -0.2) is 49.6 Å². The number of hydrogen-bond donors (Lipinski definition) is 1. The zero-order chi connectivity index (χ0) is 23.0. The summed E-state index contributed by atoms with van der Waals surface area (Å²) in [7, 11) is 1.57. The lowest BCUT2D eigenvalue weighted by Crippen LogP contribution is -2.37. The topological polar surface area (TPSA) is 81.1 Å². The van der Waals surface area contributed by atoms with E-state index >= 15 is 0 Å². The third-order valence-electron chi connectivity index (χ3n) is 4.93. The Balaban J connectivity index is 1.48. The first-order valence-corrected chi connectivity index (χ1v) is 10.7. The van der Waals surface area contributed by atoms with Crippen LogP contribution in [-0.2, 0) is 11.3 Å². The first kappa shape index (κ1) is 22.8. The number of nitrogens with one attached hydrogen (secondary N) is 1. The van der Waals surface area contributed by atoms with Gasteiger partial charge in [0.1, 0.15) is 6.61 Å². The van der Waals surface area contributed by atoms with Crippen LogP contribution in [0, 0.1) is 5.82 Å². The quantitative estimate of drug-likeness (QED) is 0.390. The van der Waals surface area contributed by atoms with Gasteiger partial charge in [0, 0.05) is 23.7 Å². The lowest BCUT2D eigenvalue weighted by molar-refractivity contribution is 0.122. The average Bonchev–Trinajstić information content (AvgIpc) is 2.85. The highest BCUT2D eigenvalue weighted by atomic mass is 35.5. The maximum absolute atomic E-state index is 14.2. The van der Waals surface area contributed by atoms with Gasteiger partial charge >= 0.3 is 0 Å². The molecule has 33 heavy (non-hydrogen) atoms. The molecule has 1 aromatic heterocycles. The van der Waals surface area contributed by atoms with Crippen LogP contribution in [0.1, 0.15) is 11.1 Å². The predicted molar refractivity (Wildman–Crippen MR) is 125 cm³/mol. The highest BCUT2D eigenvalue weighted by molar-refractivity contribution is 6.30. The first-order valence-electron chi connectivity index (χ1n) is 10.3. The van der Waals surface area contributed by atoms with Crippen LogP contribution in [0.5, 0.6) is 11.5 Å². The van der Waals surface area contributed by atoms with Gasteiger partial charge in [-0.05, 0) is 29.8 Å². The molecule has 3 aromatic rings. The lowest BCUT2D eigenvalue weighted by Gasteiger charge is -2.27. The summed E-state index contributed by atoms with van der Waals surface area (Å²) >= 11 is 5.95. The molecule has 0 unspecified atom stereocenters. The zero-order valence-electron chi connectivity index (χ0n) is 18.0. The average molecular weight is 472 g/mol. The molecule has 0 amide bonds. The number of nitrogens with zero attached hydrogens (tertiary/aromatic N) is 4. The van der Waals surface area contributed by atoms with E-state index in [0.717, 1.165) is 11.8 Å². The van der Waals surface area contributed by atoms with Gasteiger partial charge in [0.05, 0.1) is 32.7 Å². The van der Waals surface area contributed by atoms with Crippen molar-refractivity contribution in [2.24, 2.45) is 5.10 Å². The molecule has 1 aliphatic heterocycles. The second kappa shape index (κ2) is 10.9. The monoisotopic (exact) mass is 471 g/mol. The molecule has 8 nitrogen and oxygen atoms in total. The lowest BCUT2D eigenvalue weighted by atomic mass is 10.2. The molecular weight excluding hydrogens is 449 g/mol. The molecule has 0 aliphatic carbocycles. The van der Waals surface area contributed by atoms with Crippen LogP contribution in [0.4, 0.5) is 16.2 Å². The molecule has 0 saturated carbocycles. The molecule has 1 fully saturated rings. The third kappa shape index (κ3) is 5.88. The van der Waals surface area contributed by atoms with E-state index in [4.69, 9.17) is 25.8 Å². The van der Waals surface area contributed by atoms with Crippen LogP contribution < -0.4 is 19.8 Å². The largest absolute Gasteiger partial charge is 0.493 e. The van der Waals surface area contributed by atoms with E-state index in [1.807, 2.05) is 41.3 Å². The van der Waals surface area contributed by atoms with Crippen molar-refractivity contribution in [1.29, 1.82) is 0 Å². The molecule has 2 heterocycles. The molecule has 0 radical (unpaired) electrons. The summed E-state index contributed by atoms with van der Waals surface area (Å²) < 4.78 is 31.0. The van der Waals surface area contributed by atoms with Crippen LogP contribution >= 0.6 is 11.6 Å². The van der Waals surface area contributed by atoms with E-state index < -0.39 is 5.82 Å². The van der Waals surface area contributed by atoms with Crippen molar-refractivity contribution in [2.75, 3.05) is 43.7 Å². The van der Waals surface area contributed by atoms with Crippen LogP contribution in [0.15, 0.2) is 53.8 Å². The van der Waals surface area contributed by atoms with E-state index in [9.17, 15) is 4.39 Å². The summed E-state index contributed by atoms with van der Waals surface area (Å²) in [5.41, 5.74) is 4.40. The van der Waals surface area contributed by atoms with Gasteiger partial charge in [0.15, 0.2) is 23.1 Å². The van der Waals surface area contributed by atoms with Gasteiger partial charge < -0.3 is 19.1 Å². The Hall–Kier alpha value is -3.43. The van der Waals surface area contributed by atoms with Crippen molar-refractivity contribution in [3.05, 3.63) is 70.6 Å². The van der Waals surface area contributed by atoms with Gasteiger partial charge in [-0.15, -0.1) is 0 Å². The van der Waals surface area contributed by atoms with Gasteiger partial charge in [0.2, 0.25) is 5.95 Å². The number of para-hydroxylation sites is 1. The molecular formula is C23H23ClFN5O3. The zero-order valence-corrected chi connectivity index (χ0v) is 18.8. The summed E-state index contributed by atoms with van der Waals surface area (Å²) in [6.07, 6.45) is 2.70. The molecule has 172 valence electrons. The minimum absolute atomic E-state index is 0.181. The Kier molecular flexibility index (Phi) is 7.54. The molecule has 1 saturated heterocycles. The molecule has 10 heteroatoms. The van der Waals surface area contributed by atoms with Crippen LogP contribution in [0.3, 0.4) is 0 Å². The number of aromatic nitrogens is 2. The molecule has 1 aliphatic rings. The molecule has 2 aromatic carbocycles. The fraction of sp³-hybridized carbons (Fsp3) is 0.261. The number of benzene rings is 2. The Labute approximate surface area is 196 Å². The molecule has 4 rings (SSSR count). The normalized spacial score (nSPS) is 13.8. The van der Waals surface area contributed by atoms with Gasteiger partial charge in [-0.1, -0.05) is 29.8 Å². The van der Waals surface area contributed by atoms with Crippen molar-refractivity contribution in [3.8, 4) is 11.5 Å². The van der Waals surface area contributed by atoms with Gasteiger partial charge in [-0.2, -0.15) is 10.1 Å². The smallest absolute Gasteiger partial charge is 0.245 e. The standard InChI is InChI=1S/C23H23ClFN5O3/c1-31-20-4-2-3-17(21(20)33-15-16-5-7-18(24)8-6-16)13-27-29-23-26-14-19(25)22(28-23)30-9-11-32-12-10-30/h2-8,13-14H,9-12,15H2,1H3,(H,26,28,29)/b27-13+. The number of hydrogen-bond acceptors (Lipinski definition) is 8. The molecule has 0 atom stereocenters. The maximum atomic E-state index is 14.2. The van der Waals surface area contributed by atoms with Crippen molar-refractivity contribution >= 4 is 29.6 Å². The van der Waals surface area contributed by atoms with Gasteiger partial charge in [-0.3, -0.25) is 0 Å². The number of halogens is 2. The summed E-state index contributed by atoms with van der Waals surface area (Å²) in [6, 6.07) is 12.9. The number of hydrazone groups is 1. The van der Waals surface area contributed by atoms with E-state index in [1.54, 1.807) is 19.4 Å². The van der Waals surface area contributed by atoms with E-state index in [-0.39, 0.29) is 11.8 Å². The highest BCUT2D eigenvalue weighted by Gasteiger charge is 2.18. The second-order valence-electron chi connectivity index (χ2n) is 7.13. The van der Waals surface area contributed by atoms with Crippen molar-refractivity contribution in [3.63, 3.8) is 0 Å². The maximum Gasteiger partial charge on any atom is 0.245 e. The predicted octanol–water partition coefficient (Wildman–Crippen LogP) is 4.14. The molecule has 0 bridgehead atoms. The van der Waals surface area contributed by atoms with E-state index in [2.05, 4.69) is 20.5 Å². The number of anilines is 2. The van der Waals surface area contributed by atoms with Crippen LogP contribution in [0.2, 0.25) is 5.02 Å². The number of rotatable bonds is 8. The SMILES string of the molecule is COc1cccc(/C=N/Nc2ncc(F)c(N3CCOCC3)n2)c1OCc1ccc(Cl)cc1. The Morgan fingerprint density at radius 3 is 2.76 bits per heavy atom. The summed E-state index contributed by atoms with van der Waals surface area (Å²) in [5, 5.41) is 4.87. The summed E-state index contributed by atoms with van der Waals surface area (Å²) in [6.45, 7) is 2.51. The fourth-order valence-electron chi connectivity index (χ4n) is 3.25. The molecule has 0 spiro atoms. The van der Waals surface area contributed by atoms with Crippen molar-refractivity contribution in [1.82, 2.24) is 9.97 Å². The van der Waals surface area contributed by atoms with Gasteiger partial charge in [0.25, 0.3) is 0 Å². The number of morpholine rings is 1. The second-order valence-corrected chi connectivity index (χ2v) is 7.56. The van der Waals surface area contributed by atoms with Crippen molar-refractivity contribution in [2.45, 2.75) is 6.61 Å². The highest BCUT2D eigenvalue weighted by Crippen LogP contribution is 2.31. The Morgan fingerprint density at radius 1 is 1.21 bits per heavy atom. The molecule has 1 N–H and O–H groups in total. The number of methoxy groups -OCH3 is 1. The Bertz CT molecular complexity index is 1110. The van der Waals surface area contributed by atoms with E-state index in [1.165, 1.54) is 0 Å². The van der Waals surface area contributed by atoms with E-state index in [0.29, 0.717) is 55.0 Å². The fourth-order valence-corrected chi connectivity index (χ4v) is 3.38. The summed E-state index contributed by atoms with van der Waals surface area (Å²) in [5.74, 6) is 1.02. The third-order valence-corrected chi connectivity index (χ3v) is 5.18. The minimum atomic E-state index is -0.489. The van der Waals surface area contributed by atoms with Gasteiger partial charge in [-0.25, -0.2) is 14.8 Å². The Morgan fingerprint density at radius 2 is 2.00 bits per heavy atom.